The summed E-state index contributed by atoms with van der Waals surface area (Å²) in [6.07, 6.45) is 6.43. The van der Waals surface area contributed by atoms with Gasteiger partial charge in [0.25, 0.3) is 0 Å². The van der Waals surface area contributed by atoms with Gasteiger partial charge in [0.1, 0.15) is 0 Å². The molecule has 1 amide bonds. The zero-order chi connectivity index (χ0) is 14.3. The first-order valence-corrected chi connectivity index (χ1v) is 8.48. The van der Waals surface area contributed by atoms with Crippen LogP contribution in [0.1, 0.15) is 44.2 Å². The zero-order valence-electron chi connectivity index (χ0n) is 11.8. The van der Waals surface area contributed by atoms with Gasteiger partial charge < -0.3 is 9.84 Å². The van der Waals surface area contributed by atoms with Crippen LogP contribution in [0.4, 0.5) is 0 Å². The molecular weight excluding hydrogens is 284 g/mol. The normalized spacial score (nSPS) is 20.6. The van der Waals surface area contributed by atoms with Gasteiger partial charge in [0.05, 0.1) is 16.0 Å². The van der Waals surface area contributed by atoms with Crippen molar-refractivity contribution in [3.8, 4) is 10.6 Å². The Morgan fingerprint density at radius 2 is 2.19 bits per heavy atom. The molecule has 4 rings (SSSR count). The third-order valence-electron chi connectivity index (χ3n) is 4.64. The summed E-state index contributed by atoms with van der Waals surface area (Å²) in [5.41, 5.74) is 0.364. The zero-order valence-corrected chi connectivity index (χ0v) is 12.6. The number of hydrogen-bond acceptors (Lipinski definition) is 4. The van der Waals surface area contributed by atoms with Crippen molar-refractivity contribution in [1.29, 1.82) is 0 Å². The minimum absolute atomic E-state index is 0.139. The molecule has 2 heterocycles. The van der Waals surface area contributed by atoms with Gasteiger partial charge in [-0.15, -0.1) is 11.3 Å². The van der Waals surface area contributed by atoms with Gasteiger partial charge in [0.2, 0.25) is 5.91 Å². The standard InChI is InChI=1S/C16H18N2O2S/c19-15(17-11-4-1-2-5-11)16(7-8-16)14-10-12(20-18-14)13-6-3-9-21-13/h3,6,9-11H,1-2,4-5,7-8H2,(H,17,19). The number of hydrogen-bond donors (Lipinski definition) is 1. The van der Waals surface area contributed by atoms with Crippen molar-refractivity contribution >= 4 is 17.2 Å². The van der Waals surface area contributed by atoms with E-state index in [4.69, 9.17) is 4.52 Å². The van der Waals surface area contributed by atoms with Crippen LogP contribution in [0, 0.1) is 0 Å². The lowest BCUT2D eigenvalue weighted by molar-refractivity contribution is -0.124. The molecule has 5 heteroatoms. The highest BCUT2D eigenvalue weighted by Gasteiger charge is 2.54. The molecule has 21 heavy (non-hydrogen) atoms. The van der Waals surface area contributed by atoms with Crippen molar-refractivity contribution in [1.82, 2.24) is 10.5 Å². The van der Waals surface area contributed by atoms with Crippen molar-refractivity contribution in [3.63, 3.8) is 0 Å². The van der Waals surface area contributed by atoms with Crippen molar-refractivity contribution in [2.75, 3.05) is 0 Å². The predicted molar refractivity (Wildman–Crippen MR) is 81.1 cm³/mol. The van der Waals surface area contributed by atoms with E-state index in [-0.39, 0.29) is 5.91 Å². The maximum absolute atomic E-state index is 12.6. The van der Waals surface area contributed by atoms with E-state index in [9.17, 15) is 4.79 Å². The highest BCUT2D eigenvalue weighted by molar-refractivity contribution is 7.13. The molecule has 0 radical (unpaired) electrons. The van der Waals surface area contributed by atoms with Crippen LogP contribution in [0.2, 0.25) is 0 Å². The van der Waals surface area contributed by atoms with Crippen LogP contribution in [-0.2, 0) is 10.2 Å². The summed E-state index contributed by atoms with van der Waals surface area (Å²) in [6.45, 7) is 0. The molecule has 0 unspecified atom stereocenters. The smallest absolute Gasteiger partial charge is 0.232 e. The Labute approximate surface area is 127 Å². The van der Waals surface area contributed by atoms with E-state index < -0.39 is 5.41 Å². The molecule has 2 saturated carbocycles. The predicted octanol–water partition coefficient (Wildman–Crippen LogP) is 3.49. The van der Waals surface area contributed by atoms with Crippen LogP contribution in [0.25, 0.3) is 10.6 Å². The van der Waals surface area contributed by atoms with E-state index in [2.05, 4.69) is 10.5 Å². The Bertz CT molecular complexity index is 637. The summed E-state index contributed by atoms with van der Waals surface area (Å²) in [5, 5.41) is 9.39. The van der Waals surface area contributed by atoms with Gasteiger partial charge in [-0.3, -0.25) is 4.79 Å². The van der Waals surface area contributed by atoms with Gasteiger partial charge in [-0.25, -0.2) is 0 Å². The number of thiophene rings is 1. The lowest BCUT2D eigenvalue weighted by Gasteiger charge is -2.17. The highest BCUT2D eigenvalue weighted by atomic mass is 32.1. The molecular formula is C16H18N2O2S. The Hall–Kier alpha value is -1.62. The topological polar surface area (TPSA) is 55.1 Å². The minimum Gasteiger partial charge on any atom is -0.355 e. The second-order valence-corrected chi connectivity index (χ2v) is 7.04. The third-order valence-corrected chi connectivity index (χ3v) is 5.52. The Morgan fingerprint density at radius 1 is 1.38 bits per heavy atom. The van der Waals surface area contributed by atoms with Crippen LogP contribution >= 0.6 is 11.3 Å². The molecule has 0 spiro atoms. The van der Waals surface area contributed by atoms with Crippen LogP contribution in [0.3, 0.4) is 0 Å². The van der Waals surface area contributed by atoms with E-state index in [1.165, 1.54) is 12.8 Å². The Kier molecular flexibility index (Phi) is 3.10. The van der Waals surface area contributed by atoms with Crippen molar-refractivity contribution < 1.29 is 9.32 Å². The number of aromatic nitrogens is 1. The van der Waals surface area contributed by atoms with E-state index in [1.807, 2.05) is 23.6 Å². The summed E-state index contributed by atoms with van der Waals surface area (Å²) in [7, 11) is 0. The Balaban J connectivity index is 1.53. The molecule has 2 aliphatic rings. The number of carbonyl (C=O) groups is 1. The first kappa shape index (κ1) is 13.1. The van der Waals surface area contributed by atoms with Gasteiger partial charge >= 0.3 is 0 Å². The third kappa shape index (κ3) is 2.29. The molecule has 0 atom stereocenters. The fraction of sp³-hybridized carbons (Fsp3) is 0.500. The first-order chi connectivity index (χ1) is 10.3. The molecule has 1 N–H and O–H groups in total. The summed E-state index contributed by atoms with van der Waals surface area (Å²) in [5.74, 6) is 0.903. The van der Waals surface area contributed by atoms with Gasteiger partial charge in [-0.2, -0.15) is 0 Å². The molecule has 4 nitrogen and oxygen atoms in total. The molecule has 0 saturated heterocycles. The average molecular weight is 302 g/mol. The molecule has 2 fully saturated rings. The van der Waals surface area contributed by atoms with E-state index in [1.54, 1.807) is 11.3 Å². The van der Waals surface area contributed by atoms with Gasteiger partial charge in [-0.05, 0) is 37.1 Å². The fourth-order valence-electron chi connectivity index (χ4n) is 3.15. The van der Waals surface area contributed by atoms with Crippen LogP contribution in [0.15, 0.2) is 28.1 Å². The minimum atomic E-state index is -0.429. The fourth-order valence-corrected chi connectivity index (χ4v) is 3.83. The number of nitrogens with zero attached hydrogens (tertiary/aromatic N) is 1. The summed E-state index contributed by atoms with van der Waals surface area (Å²) in [4.78, 5) is 13.6. The molecule has 110 valence electrons. The van der Waals surface area contributed by atoms with Crippen molar-refractivity contribution in [2.45, 2.75) is 50.0 Å². The first-order valence-electron chi connectivity index (χ1n) is 7.60. The molecule has 0 aromatic carbocycles. The van der Waals surface area contributed by atoms with E-state index >= 15 is 0 Å². The largest absolute Gasteiger partial charge is 0.355 e. The monoisotopic (exact) mass is 302 g/mol. The SMILES string of the molecule is O=C(NC1CCCC1)C1(c2cc(-c3cccs3)on2)CC1. The summed E-state index contributed by atoms with van der Waals surface area (Å²) < 4.78 is 5.44. The van der Waals surface area contributed by atoms with Crippen LogP contribution in [-0.4, -0.2) is 17.1 Å². The van der Waals surface area contributed by atoms with E-state index in [0.717, 1.165) is 42.0 Å². The number of amides is 1. The lowest BCUT2D eigenvalue weighted by atomic mass is 10.0. The molecule has 0 bridgehead atoms. The van der Waals surface area contributed by atoms with Crippen LogP contribution < -0.4 is 5.32 Å². The second-order valence-electron chi connectivity index (χ2n) is 6.09. The van der Waals surface area contributed by atoms with Crippen molar-refractivity contribution in [2.24, 2.45) is 0 Å². The summed E-state index contributed by atoms with van der Waals surface area (Å²) >= 11 is 1.62. The van der Waals surface area contributed by atoms with Gasteiger partial charge in [0, 0.05) is 12.1 Å². The highest BCUT2D eigenvalue weighted by Crippen LogP contribution is 2.49. The molecule has 2 aromatic rings. The quantitative estimate of drug-likeness (QED) is 0.940. The summed E-state index contributed by atoms with van der Waals surface area (Å²) in [6, 6.07) is 6.29. The second kappa shape index (κ2) is 4.98. The van der Waals surface area contributed by atoms with E-state index in [0.29, 0.717) is 6.04 Å². The molecule has 2 aromatic heterocycles. The van der Waals surface area contributed by atoms with Crippen molar-refractivity contribution in [3.05, 3.63) is 29.3 Å². The number of carbonyl (C=O) groups excluding carboxylic acids is 1. The Morgan fingerprint density at radius 3 is 2.86 bits per heavy atom. The molecule has 0 aliphatic heterocycles. The lowest BCUT2D eigenvalue weighted by Crippen LogP contribution is -2.40. The molecule has 2 aliphatic carbocycles. The maximum Gasteiger partial charge on any atom is 0.232 e. The maximum atomic E-state index is 12.6. The van der Waals surface area contributed by atoms with Gasteiger partial charge in [0.15, 0.2) is 5.76 Å². The average Bonchev–Trinajstić information content (AvgIpc) is 2.99. The van der Waals surface area contributed by atoms with Crippen LogP contribution in [0.5, 0.6) is 0 Å². The number of rotatable bonds is 4. The van der Waals surface area contributed by atoms with Gasteiger partial charge in [-0.1, -0.05) is 24.1 Å². The number of nitrogens with one attached hydrogen (secondary N) is 1.